The van der Waals surface area contributed by atoms with Gasteiger partial charge in [-0.3, -0.25) is 0 Å². The lowest BCUT2D eigenvalue weighted by Crippen LogP contribution is -2.07. The van der Waals surface area contributed by atoms with Crippen LogP contribution < -0.4 is 0 Å². The zero-order valence-corrected chi connectivity index (χ0v) is 10.6. The van der Waals surface area contributed by atoms with Crippen LogP contribution in [0.5, 0.6) is 0 Å². The quantitative estimate of drug-likeness (QED) is 0.675. The minimum absolute atomic E-state index is 0.298. The van der Waals surface area contributed by atoms with Gasteiger partial charge in [-0.15, -0.1) is 23.1 Å². The van der Waals surface area contributed by atoms with Crippen molar-refractivity contribution in [2.45, 2.75) is 32.6 Å². The maximum Gasteiger partial charge on any atom is 0.0406 e. The first-order valence-electron chi connectivity index (χ1n) is 5.01. The molecule has 1 aliphatic rings. The molecule has 0 aromatic carbocycles. The van der Waals surface area contributed by atoms with Crippen LogP contribution in [0.2, 0.25) is 0 Å². The van der Waals surface area contributed by atoms with Gasteiger partial charge in [0.2, 0.25) is 0 Å². The first kappa shape index (κ1) is 10.3. The summed E-state index contributed by atoms with van der Waals surface area (Å²) < 4.78 is 0. The molecule has 0 fully saturated rings. The number of allylic oxidation sites excluding steroid dienone is 1. The van der Waals surface area contributed by atoms with E-state index in [2.05, 4.69) is 39.0 Å². The molecule has 0 aliphatic carbocycles. The zero-order valence-electron chi connectivity index (χ0n) is 8.96. The lowest BCUT2D eigenvalue weighted by atomic mass is 9.95. The molecule has 0 radical (unpaired) electrons. The number of rotatable bonds is 1. The second kappa shape index (κ2) is 3.74. The van der Waals surface area contributed by atoms with E-state index in [1.807, 2.05) is 23.1 Å². The van der Waals surface area contributed by atoms with Crippen molar-refractivity contribution in [2.24, 2.45) is 0 Å². The maximum atomic E-state index is 2.36. The molecule has 0 amide bonds. The predicted octanol–water partition coefficient (Wildman–Crippen LogP) is 4.52. The number of thiophene rings is 1. The molecule has 2 heterocycles. The lowest BCUT2D eigenvalue weighted by Gasteiger charge is -2.15. The monoisotopic (exact) mass is 224 g/mol. The Labute approximate surface area is 94.4 Å². The van der Waals surface area contributed by atoms with Gasteiger partial charge in [0, 0.05) is 20.4 Å². The Morgan fingerprint density at radius 2 is 2.00 bits per heavy atom. The summed E-state index contributed by atoms with van der Waals surface area (Å²) >= 11 is 3.94. The van der Waals surface area contributed by atoms with Gasteiger partial charge in [0.05, 0.1) is 0 Å². The molecular weight excluding hydrogens is 208 g/mol. The fourth-order valence-electron chi connectivity index (χ4n) is 1.46. The summed E-state index contributed by atoms with van der Waals surface area (Å²) in [5.74, 6) is 1.26. The zero-order chi connectivity index (χ0) is 10.2. The maximum absolute atomic E-state index is 2.36. The molecule has 0 N–H and O–H groups in total. The van der Waals surface area contributed by atoms with Crippen LogP contribution in [0, 0.1) is 0 Å². The molecule has 0 spiro atoms. The number of hydrogen-bond acceptors (Lipinski definition) is 2. The molecule has 2 heteroatoms. The van der Waals surface area contributed by atoms with Crippen molar-refractivity contribution >= 4 is 28.0 Å². The number of thioether (sulfide) groups is 1. The van der Waals surface area contributed by atoms with E-state index in [1.54, 1.807) is 0 Å². The minimum Gasteiger partial charge on any atom is -0.139 e. The van der Waals surface area contributed by atoms with Gasteiger partial charge in [-0.1, -0.05) is 26.8 Å². The summed E-state index contributed by atoms with van der Waals surface area (Å²) in [7, 11) is 0. The van der Waals surface area contributed by atoms with E-state index in [4.69, 9.17) is 0 Å². The van der Waals surface area contributed by atoms with Crippen LogP contribution in [-0.4, -0.2) is 5.75 Å². The van der Waals surface area contributed by atoms with Crippen LogP contribution in [0.3, 0.4) is 0 Å². The Morgan fingerprint density at radius 3 is 2.50 bits per heavy atom. The Morgan fingerprint density at radius 1 is 1.21 bits per heavy atom. The van der Waals surface area contributed by atoms with Gasteiger partial charge < -0.3 is 0 Å². The van der Waals surface area contributed by atoms with Crippen molar-refractivity contribution in [3.8, 4) is 0 Å². The van der Waals surface area contributed by atoms with Crippen molar-refractivity contribution < 1.29 is 0 Å². The van der Waals surface area contributed by atoms with Crippen LogP contribution in [0.25, 0.3) is 4.91 Å². The molecular formula is C12H16S2. The second-order valence-electron chi connectivity index (χ2n) is 4.62. The van der Waals surface area contributed by atoms with Gasteiger partial charge in [-0.2, -0.15) is 0 Å². The van der Waals surface area contributed by atoms with Crippen molar-refractivity contribution in [1.82, 2.24) is 0 Å². The minimum atomic E-state index is 0.298. The first-order valence-corrected chi connectivity index (χ1v) is 6.81. The lowest BCUT2D eigenvalue weighted by molar-refractivity contribution is 0.604. The van der Waals surface area contributed by atoms with Gasteiger partial charge >= 0.3 is 0 Å². The molecule has 0 bridgehead atoms. The van der Waals surface area contributed by atoms with Gasteiger partial charge in [0.15, 0.2) is 0 Å². The smallest absolute Gasteiger partial charge is 0.0406 e. The average Bonchev–Trinajstić information content (AvgIpc) is 2.73. The van der Waals surface area contributed by atoms with Crippen molar-refractivity contribution in [3.63, 3.8) is 0 Å². The van der Waals surface area contributed by atoms with E-state index >= 15 is 0 Å². The summed E-state index contributed by atoms with van der Waals surface area (Å²) in [5.41, 5.74) is 0.298. The fourth-order valence-corrected chi connectivity index (χ4v) is 3.67. The SMILES string of the molecule is CC(C)(C)c1ccc(C2=CCCS2)s1. The van der Waals surface area contributed by atoms with Crippen LogP contribution in [0.15, 0.2) is 18.2 Å². The van der Waals surface area contributed by atoms with E-state index in [0.29, 0.717) is 5.41 Å². The highest BCUT2D eigenvalue weighted by Gasteiger charge is 2.18. The second-order valence-corrected chi connectivity index (χ2v) is 6.84. The van der Waals surface area contributed by atoms with Gasteiger partial charge in [0.25, 0.3) is 0 Å². The van der Waals surface area contributed by atoms with Gasteiger partial charge in [-0.25, -0.2) is 0 Å². The Balaban J connectivity index is 2.26. The molecule has 1 aromatic rings. The van der Waals surface area contributed by atoms with E-state index in [-0.39, 0.29) is 0 Å². The highest BCUT2D eigenvalue weighted by Crippen LogP contribution is 2.40. The average molecular weight is 224 g/mol. The Kier molecular flexibility index (Phi) is 2.76. The highest BCUT2D eigenvalue weighted by molar-refractivity contribution is 8.08. The van der Waals surface area contributed by atoms with E-state index < -0.39 is 0 Å². The third kappa shape index (κ3) is 2.06. The molecule has 14 heavy (non-hydrogen) atoms. The summed E-state index contributed by atoms with van der Waals surface area (Å²) in [6.45, 7) is 6.83. The van der Waals surface area contributed by atoms with Crippen molar-refractivity contribution in [2.75, 3.05) is 5.75 Å². The summed E-state index contributed by atoms with van der Waals surface area (Å²) in [5, 5.41) is 0. The largest absolute Gasteiger partial charge is 0.139 e. The van der Waals surface area contributed by atoms with Crippen molar-refractivity contribution in [1.29, 1.82) is 0 Å². The third-order valence-corrected chi connectivity index (χ3v) is 5.10. The molecule has 0 saturated carbocycles. The predicted molar refractivity (Wildman–Crippen MR) is 68.1 cm³/mol. The first-order chi connectivity index (χ1) is 6.57. The van der Waals surface area contributed by atoms with Crippen LogP contribution in [0.1, 0.15) is 36.9 Å². The summed E-state index contributed by atoms with van der Waals surface area (Å²) in [6.07, 6.45) is 3.60. The normalized spacial score (nSPS) is 17.2. The topological polar surface area (TPSA) is 0 Å². The van der Waals surface area contributed by atoms with Crippen molar-refractivity contribution in [3.05, 3.63) is 28.0 Å². The molecule has 0 atom stereocenters. The Bertz CT molecular complexity index is 353. The molecule has 0 saturated heterocycles. The molecule has 76 valence electrons. The number of hydrogen-bond donors (Lipinski definition) is 0. The fraction of sp³-hybridized carbons (Fsp3) is 0.500. The Hall–Kier alpha value is -0.210. The van der Waals surface area contributed by atoms with Crippen LogP contribution >= 0.6 is 23.1 Å². The molecule has 0 nitrogen and oxygen atoms in total. The molecule has 1 aliphatic heterocycles. The molecule has 1 aromatic heterocycles. The van der Waals surface area contributed by atoms with Gasteiger partial charge in [0.1, 0.15) is 0 Å². The summed E-state index contributed by atoms with van der Waals surface area (Å²) in [6, 6.07) is 4.55. The summed E-state index contributed by atoms with van der Waals surface area (Å²) in [4.78, 5) is 4.43. The van der Waals surface area contributed by atoms with Gasteiger partial charge in [-0.05, 0) is 24.0 Å². The van der Waals surface area contributed by atoms with E-state index in [1.165, 1.54) is 26.8 Å². The van der Waals surface area contributed by atoms with Crippen LogP contribution in [-0.2, 0) is 5.41 Å². The molecule has 0 unspecified atom stereocenters. The molecule has 2 rings (SSSR count). The van der Waals surface area contributed by atoms with Crippen LogP contribution in [0.4, 0.5) is 0 Å². The van der Waals surface area contributed by atoms with E-state index in [9.17, 15) is 0 Å². The standard InChI is InChI=1S/C12H16S2/c1-12(2,3)11-7-6-10(14-11)9-5-4-8-13-9/h5-7H,4,8H2,1-3H3. The highest BCUT2D eigenvalue weighted by atomic mass is 32.2. The third-order valence-electron chi connectivity index (χ3n) is 2.29. The van der Waals surface area contributed by atoms with E-state index in [0.717, 1.165) is 0 Å².